The minimum atomic E-state index is -0.648. The Hall–Kier alpha value is -4.44. The van der Waals surface area contributed by atoms with Crippen molar-refractivity contribution in [1.29, 1.82) is 0 Å². The highest BCUT2D eigenvalue weighted by Gasteiger charge is 2.22. The van der Waals surface area contributed by atoms with Gasteiger partial charge in [0.2, 0.25) is 0 Å². The number of aromatic nitrogens is 3. The van der Waals surface area contributed by atoms with Crippen molar-refractivity contribution in [2.45, 2.75) is 39.5 Å². The molecule has 10 heteroatoms. The van der Waals surface area contributed by atoms with E-state index >= 15 is 0 Å². The lowest BCUT2D eigenvalue weighted by Crippen LogP contribution is -2.22. The summed E-state index contributed by atoms with van der Waals surface area (Å²) in [6.07, 6.45) is 2.12. The molecular formula is C29H32FN5O4. The zero-order valence-electron chi connectivity index (χ0n) is 22.4. The Labute approximate surface area is 226 Å². The van der Waals surface area contributed by atoms with E-state index in [9.17, 15) is 9.18 Å². The van der Waals surface area contributed by atoms with Gasteiger partial charge in [0, 0.05) is 54.6 Å². The van der Waals surface area contributed by atoms with E-state index in [0.29, 0.717) is 36.0 Å². The van der Waals surface area contributed by atoms with Crippen LogP contribution in [0.2, 0.25) is 0 Å². The van der Waals surface area contributed by atoms with Crippen LogP contribution in [0, 0.1) is 12.7 Å². The standard InChI is InChI=1S/C29H32FN5O4/c1-19-15-23(11-12-31-19)39-22-9-10-25(24(30)17-22)32-28(37)33-27-18-26(29(2,3)4)34-35(27)20-7-5-8-21(16-20)38-14-6-13-36/h5,7-12,15-18,36H,6,13-14H2,1-4H3,(H2,32,33,37). The second-order valence-electron chi connectivity index (χ2n) is 9.96. The van der Waals surface area contributed by atoms with E-state index in [1.54, 1.807) is 47.3 Å². The van der Waals surface area contributed by atoms with Gasteiger partial charge in [-0.25, -0.2) is 13.9 Å². The van der Waals surface area contributed by atoms with Crippen LogP contribution in [0.5, 0.6) is 17.2 Å². The number of nitrogens with one attached hydrogen (secondary N) is 2. The van der Waals surface area contributed by atoms with Crippen LogP contribution in [-0.2, 0) is 5.41 Å². The number of amides is 2. The fourth-order valence-electron chi connectivity index (χ4n) is 3.64. The van der Waals surface area contributed by atoms with Crippen LogP contribution in [0.3, 0.4) is 0 Å². The Morgan fingerprint density at radius 1 is 1.03 bits per heavy atom. The molecule has 0 aliphatic heterocycles. The summed E-state index contributed by atoms with van der Waals surface area (Å²) in [5, 5.41) is 19.1. The third-order valence-electron chi connectivity index (χ3n) is 5.65. The molecule has 4 aromatic rings. The molecule has 9 nitrogen and oxygen atoms in total. The van der Waals surface area contributed by atoms with Gasteiger partial charge >= 0.3 is 6.03 Å². The van der Waals surface area contributed by atoms with Crippen molar-refractivity contribution in [3.05, 3.63) is 84.1 Å². The number of nitrogens with zero attached hydrogens (tertiary/aromatic N) is 3. The first-order chi connectivity index (χ1) is 18.6. The smallest absolute Gasteiger partial charge is 0.324 e. The van der Waals surface area contributed by atoms with Gasteiger partial charge in [0.1, 0.15) is 28.9 Å². The zero-order valence-corrected chi connectivity index (χ0v) is 22.4. The summed E-state index contributed by atoms with van der Waals surface area (Å²) < 4.78 is 27.8. The molecule has 0 atom stereocenters. The van der Waals surface area contributed by atoms with E-state index in [0.717, 1.165) is 11.4 Å². The normalized spacial score (nSPS) is 11.2. The Kier molecular flexibility index (Phi) is 8.46. The zero-order chi connectivity index (χ0) is 28.0. The number of pyridine rings is 1. The van der Waals surface area contributed by atoms with Crippen molar-refractivity contribution in [1.82, 2.24) is 14.8 Å². The van der Waals surface area contributed by atoms with E-state index < -0.39 is 11.8 Å². The Morgan fingerprint density at radius 3 is 2.54 bits per heavy atom. The molecule has 0 aliphatic carbocycles. The highest BCUT2D eigenvalue weighted by atomic mass is 19.1. The van der Waals surface area contributed by atoms with Gasteiger partial charge in [0.25, 0.3) is 0 Å². The summed E-state index contributed by atoms with van der Waals surface area (Å²) in [5.41, 5.74) is 1.90. The lowest BCUT2D eigenvalue weighted by Gasteiger charge is -2.14. The van der Waals surface area contributed by atoms with E-state index in [2.05, 4.69) is 15.6 Å². The predicted molar refractivity (Wildman–Crippen MR) is 148 cm³/mol. The maximum absolute atomic E-state index is 14.8. The van der Waals surface area contributed by atoms with E-state index in [1.807, 2.05) is 39.8 Å². The van der Waals surface area contributed by atoms with Gasteiger partial charge < -0.3 is 19.9 Å². The van der Waals surface area contributed by atoms with Gasteiger partial charge in [0.15, 0.2) is 0 Å². The average molecular weight is 534 g/mol. The molecule has 39 heavy (non-hydrogen) atoms. The fraction of sp³-hybridized carbons (Fsp3) is 0.276. The number of carbonyl (C=O) groups is 1. The molecule has 2 aromatic carbocycles. The number of aliphatic hydroxyl groups is 1. The van der Waals surface area contributed by atoms with Crippen LogP contribution in [0.1, 0.15) is 38.6 Å². The number of anilines is 2. The number of aryl methyl sites for hydroxylation is 1. The third-order valence-corrected chi connectivity index (χ3v) is 5.65. The maximum Gasteiger partial charge on any atom is 0.324 e. The molecular weight excluding hydrogens is 501 g/mol. The summed E-state index contributed by atoms with van der Waals surface area (Å²) in [5.74, 6) is 1.18. The molecule has 0 bridgehead atoms. The first kappa shape index (κ1) is 27.6. The van der Waals surface area contributed by atoms with Crippen LogP contribution < -0.4 is 20.1 Å². The number of benzene rings is 2. The lowest BCUT2D eigenvalue weighted by atomic mass is 9.92. The summed E-state index contributed by atoms with van der Waals surface area (Å²) in [6, 6.07) is 16.0. The van der Waals surface area contributed by atoms with Crippen molar-refractivity contribution >= 4 is 17.5 Å². The molecule has 0 aliphatic rings. The molecule has 0 saturated heterocycles. The fourth-order valence-corrected chi connectivity index (χ4v) is 3.64. The monoisotopic (exact) mass is 533 g/mol. The summed E-state index contributed by atoms with van der Waals surface area (Å²) in [7, 11) is 0. The van der Waals surface area contributed by atoms with Crippen molar-refractivity contribution in [2.75, 3.05) is 23.8 Å². The van der Waals surface area contributed by atoms with Crippen molar-refractivity contribution < 1.29 is 23.8 Å². The van der Waals surface area contributed by atoms with Crippen molar-refractivity contribution in [2.24, 2.45) is 0 Å². The van der Waals surface area contributed by atoms with Gasteiger partial charge in [-0.2, -0.15) is 5.10 Å². The molecule has 0 spiro atoms. The van der Waals surface area contributed by atoms with Crippen LogP contribution in [-0.4, -0.2) is 39.1 Å². The molecule has 3 N–H and O–H groups in total. The molecule has 2 heterocycles. The highest BCUT2D eigenvalue weighted by Crippen LogP contribution is 2.29. The Bertz CT molecular complexity index is 1450. The summed E-state index contributed by atoms with van der Waals surface area (Å²) >= 11 is 0. The van der Waals surface area contributed by atoms with Crippen LogP contribution >= 0.6 is 0 Å². The van der Waals surface area contributed by atoms with E-state index in [-0.39, 0.29) is 23.5 Å². The van der Waals surface area contributed by atoms with Crippen LogP contribution in [0.15, 0.2) is 66.9 Å². The van der Waals surface area contributed by atoms with Crippen LogP contribution in [0.25, 0.3) is 5.69 Å². The molecule has 0 radical (unpaired) electrons. The Balaban J connectivity index is 1.52. The predicted octanol–water partition coefficient (Wildman–Crippen LogP) is 6.21. The highest BCUT2D eigenvalue weighted by molar-refractivity contribution is 5.99. The number of ether oxygens (including phenoxy) is 2. The molecule has 4 rings (SSSR count). The van der Waals surface area contributed by atoms with Gasteiger partial charge in [0.05, 0.1) is 23.7 Å². The van der Waals surface area contributed by atoms with Gasteiger partial charge in [-0.1, -0.05) is 26.8 Å². The van der Waals surface area contributed by atoms with E-state index in [1.165, 1.54) is 12.1 Å². The number of urea groups is 1. The molecule has 2 aromatic heterocycles. The minimum absolute atomic E-state index is 0.00727. The first-order valence-corrected chi connectivity index (χ1v) is 12.5. The Morgan fingerprint density at radius 2 is 1.82 bits per heavy atom. The number of halogens is 1. The molecule has 204 valence electrons. The molecule has 0 unspecified atom stereocenters. The maximum atomic E-state index is 14.8. The number of aliphatic hydroxyl groups excluding tert-OH is 1. The largest absolute Gasteiger partial charge is 0.493 e. The van der Waals surface area contributed by atoms with Crippen molar-refractivity contribution in [3.8, 4) is 22.9 Å². The first-order valence-electron chi connectivity index (χ1n) is 12.5. The lowest BCUT2D eigenvalue weighted by molar-refractivity contribution is 0.233. The van der Waals surface area contributed by atoms with Crippen molar-refractivity contribution in [3.63, 3.8) is 0 Å². The van der Waals surface area contributed by atoms with Crippen LogP contribution in [0.4, 0.5) is 20.7 Å². The van der Waals surface area contributed by atoms with Gasteiger partial charge in [-0.05, 0) is 37.3 Å². The quantitative estimate of drug-likeness (QED) is 0.221. The number of carbonyl (C=O) groups excluding carboxylic acids is 1. The topological polar surface area (TPSA) is 111 Å². The SMILES string of the molecule is Cc1cc(Oc2ccc(NC(=O)Nc3cc(C(C)(C)C)nn3-c3cccc(OCCCO)c3)c(F)c2)ccn1. The minimum Gasteiger partial charge on any atom is -0.493 e. The molecule has 0 saturated carbocycles. The second-order valence-corrected chi connectivity index (χ2v) is 9.96. The molecule has 2 amide bonds. The third kappa shape index (κ3) is 7.32. The molecule has 0 fully saturated rings. The number of hydrogen-bond donors (Lipinski definition) is 3. The number of rotatable bonds is 9. The second kappa shape index (κ2) is 12.0. The summed E-state index contributed by atoms with van der Waals surface area (Å²) in [4.78, 5) is 17.0. The van der Waals surface area contributed by atoms with Gasteiger partial charge in [-0.15, -0.1) is 0 Å². The average Bonchev–Trinajstić information content (AvgIpc) is 3.30. The summed E-state index contributed by atoms with van der Waals surface area (Å²) in [6.45, 7) is 8.30. The number of hydrogen-bond acceptors (Lipinski definition) is 6. The van der Waals surface area contributed by atoms with Gasteiger partial charge in [-0.3, -0.25) is 10.3 Å². The van der Waals surface area contributed by atoms with E-state index in [4.69, 9.17) is 19.7 Å².